The number of carbonyl (C=O) groups is 1. The number of nitrogens with two attached hydrogens (primary N) is 1. The fraction of sp³-hybridized carbons (Fsp3) is 0.500. The highest BCUT2D eigenvalue weighted by Gasteiger charge is 2.31. The minimum absolute atomic E-state index is 0. The third-order valence-corrected chi connectivity index (χ3v) is 4.13. The van der Waals surface area contributed by atoms with Crippen molar-refractivity contribution >= 4 is 41.8 Å². The quantitative estimate of drug-likeness (QED) is 0.749. The van der Waals surface area contributed by atoms with Gasteiger partial charge in [-0.2, -0.15) is 0 Å². The maximum atomic E-state index is 12.3. The lowest BCUT2D eigenvalue weighted by molar-refractivity contribution is -0.132. The van der Waals surface area contributed by atoms with Gasteiger partial charge in [0.1, 0.15) is 11.9 Å². The average Bonchev–Trinajstić information content (AvgIpc) is 3.18. The summed E-state index contributed by atoms with van der Waals surface area (Å²) < 4.78 is 5.64. The first-order valence-corrected chi connectivity index (χ1v) is 7.81. The van der Waals surface area contributed by atoms with Crippen LogP contribution < -0.4 is 11.1 Å². The Morgan fingerprint density at radius 3 is 2.79 bits per heavy atom. The number of benzene rings is 1. The van der Waals surface area contributed by atoms with Gasteiger partial charge in [0.05, 0.1) is 23.2 Å². The molecule has 0 aliphatic carbocycles. The van der Waals surface area contributed by atoms with E-state index in [0.29, 0.717) is 6.54 Å². The third kappa shape index (κ3) is 4.39. The van der Waals surface area contributed by atoms with E-state index >= 15 is 0 Å². The molecular formula is C16H24Cl2N4O2. The van der Waals surface area contributed by atoms with Gasteiger partial charge >= 0.3 is 0 Å². The SMILES string of the molecule is CCC(NC(=O)[C@@H]1CC[C@H](CN)O1)c1nc2ccccc2[nH]1.Cl.Cl. The third-order valence-electron chi connectivity index (χ3n) is 4.13. The van der Waals surface area contributed by atoms with Crippen molar-refractivity contribution in [1.29, 1.82) is 0 Å². The van der Waals surface area contributed by atoms with Crippen molar-refractivity contribution in [2.45, 2.75) is 44.4 Å². The number of carbonyl (C=O) groups excluding carboxylic acids is 1. The highest BCUT2D eigenvalue weighted by Crippen LogP contribution is 2.22. The van der Waals surface area contributed by atoms with Gasteiger partial charge in [0.25, 0.3) is 0 Å². The summed E-state index contributed by atoms with van der Waals surface area (Å²) in [4.78, 5) is 20.2. The number of para-hydroxylation sites is 2. The Kier molecular flexibility index (Phi) is 7.96. The van der Waals surface area contributed by atoms with Crippen LogP contribution in [0.5, 0.6) is 0 Å². The summed E-state index contributed by atoms with van der Waals surface area (Å²) in [6.45, 7) is 2.49. The Morgan fingerprint density at radius 1 is 1.42 bits per heavy atom. The number of amides is 1. The first-order valence-electron chi connectivity index (χ1n) is 7.81. The summed E-state index contributed by atoms with van der Waals surface area (Å²) in [5.41, 5.74) is 7.47. The first kappa shape index (κ1) is 20.7. The lowest BCUT2D eigenvalue weighted by Gasteiger charge is -2.18. The minimum Gasteiger partial charge on any atom is -0.364 e. The lowest BCUT2D eigenvalue weighted by atomic mass is 10.1. The van der Waals surface area contributed by atoms with Crippen molar-refractivity contribution in [3.05, 3.63) is 30.1 Å². The molecular weight excluding hydrogens is 351 g/mol. The van der Waals surface area contributed by atoms with Crippen LogP contribution in [0.15, 0.2) is 24.3 Å². The Labute approximate surface area is 153 Å². The first-order chi connectivity index (χ1) is 10.7. The number of ether oxygens (including phenoxy) is 1. The molecule has 1 aliphatic rings. The van der Waals surface area contributed by atoms with Crippen LogP contribution in [0.4, 0.5) is 0 Å². The standard InChI is InChI=1S/C16H22N4O2.2ClH/c1-2-11(15-18-12-5-3-4-6-13(12)19-15)20-16(21)14-8-7-10(9-17)22-14;;/h3-6,10-11,14H,2,7-9,17H2,1H3,(H,18,19)(H,20,21);2*1H/t10-,11?,14+;;/m1../s1. The molecule has 134 valence electrons. The molecule has 2 aromatic rings. The van der Waals surface area contributed by atoms with Crippen molar-refractivity contribution in [3.63, 3.8) is 0 Å². The zero-order valence-corrected chi connectivity index (χ0v) is 15.2. The fourth-order valence-electron chi connectivity index (χ4n) is 2.84. The zero-order valence-electron chi connectivity index (χ0n) is 13.5. The van der Waals surface area contributed by atoms with Crippen molar-refractivity contribution in [3.8, 4) is 0 Å². The predicted octanol–water partition coefficient (Wildman–Crippen LogP) is 2.48. The summed E-state index contributed by atoms with van der Waals surface area (Å²) >= 11 is 0. The smallest absolute Gasteiger partial charge is 0.249 e. The van der Waals surface area contributed by atoms with Crippen molar-refractivity contribution in [2.75, 3.05) is 6.54 Å². The van der Waals surface area contributed by atoms with Gasteiger partial charge in [0, 0.05) is 6.54 Å². The molecule has 1 aliphatic heterocycles. The highest BCUT2D eigenvalue weighted by molar-refractivity contribution is 5.85. The summed E-state index contributed by atoms with van der Waals surface area (Å²) in [6.07, 6.45) is 1.94. The second kappa shape index (κ2) is 9.22. The van der Waals surface area contributed by atoms with Crippen molar-refractivity contribution in [1.82, 2.24) is 15.3 Å². The van der Waals surface area contributed by atoms with Crippen LogP contribution in [0.1, 0.15) is 38.1 Å². The number of nitrogens with one attached hydrogen (secondary N) is 2. The lowest BCUT2D eigenvalue weighted by Crippen LogP contribution is -2.38. The average molecular weight is 375 g/mol. The normalized spacial score (nSPS) is 20.9. The predicted molar refractivity (Wildman–Crippen MR) is 98.7 cm³/mol. The fourth-order valence-corrected chi connectivity index (χ4v) is 2.84. The molecule has 1 unspecified atom stereocenters. The number of hydrogen-bond acceptors (Lipinski definition) is 4. The van der Waals surface area contributed by atoms with Gasteiger partial charge in [0.15, 0.2) is 0 Å². The molecule has 24 heavy (non-hydrogen) atoms. The summed E-state index contributed by atoms with van der Waals surface area (Å²) in [5, 5.41) is 3.03. The Morgan fingerprint density at radius 2 is 2.17 bits per heavy atom. The van der Waals surface area contributed by atoms with Crippen LogP contribution in [-0.4, -0.2) is 34.6 Å². The van der Waals surface area contributed by atoms with Crippen LogP contribution >= 0.6 is 24.8 Å². The minimum atomic E-state index is -0.396. The number of nitrogens with zero attached hydrogens (tertiary/aromatic N) is 1. The number of aromatic nitrogens is 2. The zero-order chi connectivity index (χ0) is 15.5. The molecule has 3 atom stereocenters. The number of halogens is 2. The van der Waals surface area contributed by atoms with Gasteiger partial charge in [-0.25, -0.2) is 4.98 Å². The largest absolute Gasteiger partial charge is 0.364 e. The molecule has 1 amide bonds. The summed E-state index contributed by atoms with van der Waals surface area (Å²) in [6, 6.07) is 7.71. The van der Waals surface area contributed by atoms with Crippen LogP contribution in [0.2, 0.25) is 0 Å². The topological polar surface area (TPSA) is 93.0 Å². The molecule has 6 nitrogen and oxygen atoms in total. The molecule has 1 aromatic carbocycles. The molecule has 1 saturated heterocycles. The molecule has 0 radical (unpaired) electrons. The number of fused-ring (bicyclic) bond motifs is 1. The van der Waals surface area contributed by atoms with Gasteiger partial charge < -0.3 is 20.8 Å². The van der Waals surface area contributed by atoms with Crippen molar-refractivity contribution < 1.29 is 9.53 Å². The maximum Gasteiger partial charge on any atom is 0.249 e. The van der Waals surface area contributed by atoms with Gasteiger partial charge in [0.2, 0.25) is 5.91 Å². The van der Waals surface area contributed by atoms with E-state index in [1.165, 1.54) is 0 Å². The van der Waals surface area contributed by atoms with Gasteiger partial charge in [-0.1, -0.05) is 19.1 Å². The highest BCUT2D eigenvalue weighted by atomic mass is 35.5. The number of imidazole rings is 1. The van der Waals surface area contributed by atoms with Crippen LogP contribution in [-0.2, 0) is 9.53 Å². The molecule has 1 fully saturated rings. The number of rotatable bonds is 5. The van der Waals surface area contributed by atoms with E-state index in [1.54, 1.807) is 0 Å². The van der Waals surface area contributed by atoms with Crippen LogP contribution in [0, 0.1) is 0 Å². The number of aromatic amines is 1. The summed E-state index contributed by atoms with van der Waals surface area (Å²) in [7, 11) is 0. The number of hydrogen-bond donors (Lipinski definition) is 3. The van der Waals surface area contributed by atoms with Gasteiger partial charge in [-0.05, 0) is 31.4 Å². The number of H-pyrrole nitrogens is 1. The summed E-state index contributed by atoms with van der Waals surface area (Å²) in [5.74, 6) is 0.702. The molecule has 0 spiro atoms. The Hall–Kier alpha value is -1.34. The molecule has 3 rings (SSSR count). The van der Waals surface area contributed by atoms with E-state index < -0.39 is 6.10 Å². The second-order valence-electron chi connectivity index (χ2n) is 5.67. The van der Waals surface area contributed by atoms with Gasteiger partial charge in [-0.3, -0.25) is 4.79 Å². The molecule has 4 N–H and O–H groups in total. The van der Waals surface area contributed by atoms with E-state index in [-0.39, 0.29) is 42.9 Å². The van der Waals surface area contributed by atoms with E-state index in [0.717, 1.165) is 36.1 Å². The van der Waals surface area contributed by atoms with E-state index in [2.05, 4.69) is 15.3 Å². The van der Waals surface area contributed by atoms with E-state index in [9.17, 15) is 4.79 Å². The van der Waals surface area contributed by atoms with E-state index in [1.807, 2.05) is 31.2 Å². The molecule has 0 bridgehead atoms. The van der Waals surface area contributed by atoms with Crippen LogP contribution in [0.25, 0.3) is 11.0 Å². The van der Waals surface area contributed by atoms with Crippen LogP contribution in [0.3, 0.4) is 0 Å². The van der Waals surface area contributed by atoms with Crippen molar-refractivity contribution in [2.24, 2.45) is 5.73 Å². The molecule has 2 heterocycles. The van der Waals surface area contributed by atoms with Gasteiger partial charge in [-0.15, -0.1) is 24.8 Å². The Balaban J connectivity index is 0.00000144. The Bertz CT molecular complexity index is 631. The molecule has 0 saturated carbocycles. The second-order valence-corrected chi connectivity index (χ2v) is 5.67. The monoisotopic (exact) mass is 374 g/mol. The maximum absolute atomic E-state index is 12.3. The molecule has 8 heteroatoms. The van der Waals surface area contributed by atoms with E-state index in [4.69, 9.17) is 10.5 Å². The molecule has 1 aromatic heterocycles.